The molecule has 0 radical (unpaired) electrons. The van der Waals surface area contributed by atoms with Gasteiger partial charge in [-0.3, -0.25) is 14.3 Å². The van der Waals surface area contributed by atoms with Gasteiger partial charge in [0, 0.05) is 17.9 Å². The second kappa shape index (κ2) is 9.18. The van der Waals surface area contributed by atoms with Gasteiger partial charge in [0.15, 0.2) is 11.5 Å². The van der Waals surface area contributed by atoms with Crippen molar-refractivity contribution in [3.63, 3.8) is 0 Å². The molecule has 0 aliphatic rings. The maximum atomic E-state index is 14.0. The maximum absolute atomic E-state index is 14.0. The van der Waals surface area contributed by atoms with Crippen molar-refractivity contribution in [3.8, 4) is 0 Å². The number of primary amides is 1. The first-order chi connectivity index (χ1) is 16.9. The molecular weight excluding hydrogens is 510 g/mol. The normalized spacial score (nSPS) is 11.8. The first-order valence-electron chi connectivity index (χ1n) is 10.3. The minimum atomic E-state index is -4.94. The largest absolute Gasteiger partial charge is 0.437 e. The van der Waals surface area contributed by atoms with Crippen LogP contribution in [0.4, 0.5) is 23.2 Å². The molecule has 10 nitrogen and oxygen atoms in total. The van der Waals surface area contributed by atoms with E-state index in [0.717, 1.165) is 22.9 Å². The molecule has 1 aromatic carbocycles. The molecule has 4 rings (SSSR count). The van der Waals surface area contributed by atoms with Gasteiger partial charge in [-0.15, -0.1) is 0 Å². The number of hydrogen-bond donors (Lipinski definition) is 2. The van der Waals surface area contributed by atoms with Crippen LogP contribution in [0, 0.1) is 12.7 Å². The van der Waals surface area contributed by atoms with Gasteiger partial charge in [0.05, 0.1) is 27.5 Å². The Labute approximate surface area is 204 Å². The molecule has 0 bridgehead atoms. The minimum absolute atomic E-state index is 0.0135. The lowest BCUT2D eigenvalue weighted by atomic mass is 10.1. The summed E-state index contributed by atoms with van der Waals surface area (Å²) >= 11 is 5.82. The molecule has 0 aliphatic carbocycles. The van der Waals surface area contributed by atoms with Crippen LogP contribution < -0.4 is 11.1 Å². The SMILES string of the molecule is CCc1noc(Cn2nc(C(F)(F)F)c(NC(=O)c3cc(C(N)=O)nc4cc(F)c(Cl)cc34)c2C)n1. The van der Waals surface area contributed by atoms with Gasteiger partial charge in [-0.05, 0) is 19.1 Å². The van der Waals surface area contributed by atoms with E-state index in [-0.39, 0.29) is 39.6 Å². The fourth-order valence-electron chi connectivity index (χ4n) is 3.39. The van der Waals surface area contributed by atoms with Crippen molar-refractivity contribution >= 4 is 40.0 Å². The number of anilines is 1. The van der Waals surface area contributed by atoms with Crippen LogP contribution in [-0.2, 0) is 19.1 Å². The van der Waals surface area contributed by atoms with E-state index in [9.17, 15) is 27.2 Å². The fourth-order valence-corrected chi connectivity index (χ4v) is 3.55. The summed E-state index contributed by atoms with van der Waals surface area (Å²) in [6.07, 6.45) is -4.48. The van der Waals surface area contributed by atoms with Crippen molar-refractivity contribution in [1.29, 1.82) is 0 Å². The number of benzene rings is 1. The van der Waals surface area contributed by atoms with Crippen LogP contribution in [0.2, 0.25) is 5.02 Å². The van der Waals surface area contributed by atoms with E-state index in [0.29, 0.717) is 12.2 Å². The standard InChI is InChI=1S/C21H16ClF4N7O3/c1-3-15-29-16(36-32-15)7-33-8(2)17(18(31-33)21(24,25)26)30-20(35)10-5-14(19(27)34)28-13-6-12(23)11(22)4-9(10)13/h4-6H,3,7H2,1-2H3,(H2,27,34)(H,30,35). The average Bonchev–Trinajstić information content (AvgIpc) is 3.38. The van der Waals surface area contributed by atoms with Crippen molar-refractivity contribution in [1.82, 2.24) is 24.9 Å². The third-order valence-corrected chi connectivity index (χ3v) is 5.46. The van der Waals surface area contributed by atoms with Crippen LogP contribution >= 0.6 is 11.6 Å². The number of rotatable bonds is 6. The molecular formula is C21H16ClF4N7O3. The summed E-state index contributed by atoms with van der Waals surface area (Å²) in [5, 5.41) is 9.09. The van der Waals surface area contributed by atoms with Crippen molar-refractivity contribution in [3.05, 3.63) is 63.4 Å². The third-order valence-electron chi connectivity index (χ3n) is 5.17. The Balaban J connectivity index is 1.79. The highest BCUT2D eigenvalue weighted by atomic mass is 35.5. The summed E-state index contributed by atoms with van der Waals surface area (Å²) in [6, 6.07) is 2.92. The first kappa shape index (κ1) is 25.0. The Morgan fingerprint density at radius 2 is 1.94 bits per heavy atom. The molecule has 36 heavy (non-hydrogen) atoms. The van der Waals surface area contributed by atoms with Crippen LogP contribution in [0.1, 0.15) is 50.9 Å². The maximum Gasteiger partial charge on any atom is 0.437 e. The lowest BCUT2D eigenvalue weighted by Gasteiger charge is -2.12. The summed E-state index contributed by atoms with van der Waals surface area (Å²) in [5.41, 5.74) is 2.32. The third kappa shape index (κ3) is 4.71. The Bertz CT molecular complexity index is 1510. The number of nitrogens with two attached hydrogens (primary N) is 1. The lowest BCUT2D eigenvalue weighted by molar-refractivity contribution is -0.140. The molecule has 3 heterocycles. The monoisotopic (exact) mass is 525 g/mol. The van der Waals surface area contributed by atoms with E-state index in [1.54, 1.807) is 6.92 Å². The van der Waals surface area contributed by atoms with Gasteiger partial charge in [-0.2, -0.15) is 23.3 Å². The topological polar surface area (TPSA) is 142 Å². The quantitative estimate of drug-likeness (QED) is 0.364. The van der Waals surface area contributed by atoms with E-state index in [2.05, 4.69) is 25.5 Å². The summed E-state index contributed by atoms with van der Waals surface area (Å²) in [7, 11) is 0. The number of hydrogen-bond acceptors (Lipinski definition) is 7. The lowest BCUT2D eigenvalue weighted by Crippen LogP contribution is -2.19. The predicted molar refractivity (Wildman–Crippen MR) is 118 cm³/mol. The molecule has 0 atom stereocenters. The first-order valence-corrected chi connectivity index (χ1v) is 10.6. The van der Waals surface area contributed by atoms with Crippen LogP contribution in [0.3, 0.4) is 0 Å². The van der Waals surface area contributed by atoms with Gasteiger partial charge >= 0.3 is 6.18 Å². The van der Waals surface area contributed by atoms with Gasteiger partial charge in [0.1, 0.15) is 18.1 Å². The smallest absolute Gasteiger partial charge is 0.364 e. The second-order valence-corrected chi connectivity index (χ2v) is 7.99. The number of carbonyl (C=O) groups is 2. The number of aromatic nitrogens is 5. The molecule has 15 heteroatoms. The number of aryl methyl sites for hydroxylation is 1. The minimum Gasteiger partial charge on any atom is -0.364 e. The van der Waals surface area contributed by atoms with Crippen LogP contribution in [0.25, 0.3) is 10.9 Å². The molecule has 3 aromatic heterocycles. The number of amides is 2. The molecule has 0 saturated heterocycles. The summed E-state index contributed by atoms with van der Waals surface area (Å²) < 4.78 is 61.3. The van der Waals surface area contributed by atoms with Gasteiger partial charge in [0.2, 0.25) is 5.89 Å². The molecule has 0 spiro atoms. The van der Waals surface area contributed by atoms with Gasteiger partial charge in [0.25, 0.3) is 11.8 Å². The Morgan fingerprint density at radius 3 is 2.56 bits per heavy atom. The number of pyridine rings is 1. The number of alkyl halides is 3. The van der Waals surface area contributed by atoms with Crippen molar-refractivity contribution in [2.45, 2.75) is 33.0 Å². The Morgan fingerprint density at radius 1 is 1.22 bits per heavy atom. The summed E-state index contributed by atoms with van der Waals surface area (Å²) in [6.45, 7) is 2.80. The summed E-state index contributed by atoms with van der Waals surface area (Å²) in [4.78, 5) is 32.8. The molecule has 0 unspecified atom stereocenters. The van der Waals surface area contributed by atoms with E-state index < -0.39 is 40.9 Å². The molecule has 4 aromatic rings. The van der Waals surface area contributed by atoms with Crippen molar-refractivity contribution < 1.29 is 31.7 Å². The molecule has 2 amide bonds. The highest BCUT2D eigenvalue weighted by molar-refractivity contribution is 6.31. The zero-order valence-electron chi connectivity index (χ0n) is 18.6. The summed E-state index contributed by atoms with van der Waals surface area (Å²) in [5.74, 6) is -2.59. The number of fused-ring (bicyclic) bond motifs is 1. The van der Waals surface area contributed by atoms with E-state index in [4.69, 9.17) is 21.9 Å². The number of halogens is 5. The van der Waals surface area contributed by atoms with Gasteiger partial charge in [-0.1, -0.05) is 23.7 Å². The fraction of sp³-hybridized carbons (Fsp3) is 0.238. The van der Waals surface area contributed by atoms with E-state index in [1.807, 2.05) is 0 Å². The van der Waals surface area contributed by atoms with Gasteiger partial charge in [-0.25, -0.2) is 9.37 Å². The van der Waals surface area contributed by atoms with Crippen LogP contribution in [0.15, 0.2) is 22.7 Å². The Hall–Kier alpha value is -4.07. The van der Waals surface area contributed by atoms with E-state index in [1.165, 1.54) is 6.92 Å². The number of nitrogens with zero attached hydrogens (tertiary/aromatic N) is 5. The molecule has 188 valence electrons. The van der Waals surface area contributed by atoms with Crippen molar-refractivity contribution in [2.24, 2.45) is 5.73 Å². The zero-order valence-corrected chi connectivity index (χ0v) is 19.3. The van der Waals surface area contributed by atoms with Crippen molar-refractivity contribution in [2.75, 3.05) is 5.32 Å². The van der Waals surface area contributed by atoms with Crippen LogP contribution in [-0.4, -0.2) is 36.7 Å². The number of nitrogens with one attached hydrogen (secondary N) is 1. The second-order valence-electron chi connectivity index (χ2n) is 7.58. The zero-order chi connectivity index (χ0) is 26.4. The molecule has 0 fully saturated rings. The van der Waals surface area contributed by atoms with Crippen LogP contribution in [0.5, 0.6) is 0 Å². The average molecular weight is 526 g/mol. The molecule has 3 N–H and O–H groups in total. The highest BCUT2D eigenvalue weighted by Gasteiger charge is 2.39. The highest BCUT2D eigenvalue weighted by Crippen LogP contribution is 2.36. The molecule has 0 aliphatic heterocycles. The van der Waals surface area contributed by atoms with Gasteiger partial charge < -0.3 is 15.6 Å². The Kier molecular flexibility index (Phi) is 6.39. The predicted octanol–water partition coefficient (Wildman–Crippen LogP) is 3.90. The molecule has 0 saturated carbocycles. The number of carbonyl (C=O) groups excluding carboxylic acids is 2. The van der Waals surface area contributed by atoms with E-state index >= 15 is 0 Å².